The summed E-state index contributed by atoms with van der Waals surface area (Å²) >= 11 is 1.74. The monoisotopic (exact) mass is 546 g/mol. The predicted molar refractivity (Wildman–Crippen MR) is 133 cm³/mol. The molecule has 0 spiro atoms. The lowest BCUT2D eigenvalue weighted by molar-refractivity contribution is -0.0835. The van der Waals surface area contributed by atoms with Gasteiger partial charge in [0.2, 0.25) is 0 Å². The van der Waals surface area contributed by atoms with Gasteiger partial charge in [0, 0.05) is 31.0 Å². The number of halogens is 1. The number of nitrogens with one attached hydrogen (secondary N) is 2. The van der Waals surface area contributed by atoms with Crippen molar-refractivity contribution in [1.82, 2.24) is 25.4 Å². The first-order chi connectivity index (χ1) is 13.8. The van der Waals surface area contributed by atoms with Crippen molar-refractivity contribution in [3.8, 4) is 0 Å². The van der Waals surface area contributed by atoms with E-state index in [4.69, 9.17) is 9.73 Å². The van der Waals surface area contributed by atoms with Crippen LogP contribution < -0.4 is 10.6 Å². The molecule has 2 atom stereocenters. The molecule has 3 heterocycles. The summed E-state index contributed by atoms with van der Waals surface area (Å²) in [4.78, 5) is 6.05. The molecule has 0 aliphatic carbocycles. The van der Waals surface area contributed by atoms with Crippen LogP contribution in [0.15, 0.2) is 22.5 Å². The fourth-order valence-electron chi connectivity index (χ4n) is 3.73. The number of rotatable bonds is 6. The van der Waals surface area contributed by atoms with Gasteiger partial charge in [-0.15, -0.1) is 45.5 Å². The summed E-state index contributed by atoms with van der Waals surface area (Å²) in [7, 11) is 1.97. The molecule has 168 valence electrons. The lowest BCUT2D eigenvalue weighted by Crippen LogP contribution is -2.47. The first kappa shape index (κ1) is 25.1. The third kappa shape index (κ3) is 6.91. The first-order valence-corrected chi connectivity index (χ1v) is 11.2. The van der Waals surface area contributed by atoms with Crippen molar-refractivity contribution in [2.75, 3.05) is 13.2 Å². The Kier molecular flexibility index (Phi) is 9.55. The Bertz CT molecular complexity index is 799. The molecule has 2 aromatic heterocycles. The number of hydrogen-bond donors (Lipinski definition) is 2. The van der Waals surface area contributed by atoms with Gasteiger partial charge in [-0.3, -0.25) is 0 Å². The number of guanidine groups is 1. The van der Waals surface area contributed by atoms with Crippen molar-refractivity contribution in [3.05, 3.63) is 34.0 Å². The highest BCUT2D eigenvalue weighted by atomic mass is 127. The minimum Gasteiger partial charge on any atom is -0.377 e. The molecule has 2 N–H and O–H groups in total. The molecule has 1 aliphatic heterocycles. The van der Waals surface area contributed by atoms with Crippen molar-refractivity contribution < 1.29 is 4.74 Å². The summed E-state index contributed by atoms with van der Waals surface area (Å²) in [5.41, 5.74) is 0.130. The van der Waals surface area contributed by atoms with E-state index in [0.29, 0.717) is 12.5 Å². The van der Waals surface area contributed by atoms with Crippen LogP contribution in [-0.4, -0.2) is 40.0 Å². The van der Waals surface area contributed by atoms with Crippen molar-refractivity contribution in [2.45, 2.75) is 59.7 Å². The number of thiophene rings is 1. The van der Waals surface area contributed by atoms with Gasteiger partial charge < -0.3 is 19.9 Å². The van der Waals surface area contributed by atoms with Crippen molar-refractivity contribution in [2.24, 2.45) is 23.4 Å². The van der Waals surface area contributed by atoms with Crippen molar-refractivity contribution >= 4 is 41.3 Å². The summed E-state index contributed by atoms with van der Waals surface area (Å²) in [5, 5.41) is 17.5. The fourth-order valence-corrected chi connectivity index (χ4v) is 4.38. The van der Waals surface area contributed by atoms with E-state index < -0.39 is 0 Å². The summed E-state index contributed by atoms with van der Waals surface area (Å²) in [6, 6.07) is 4.20. The first-order valence-electron chi connectivity index (χ1n) is 10.4. The lowest BCUT2D eigenvalue weighted by Gasteiger charge is -2.40. The zero-order valence-corrected chi connectivity index (χ0v) is 21.8. The molecule has 3 rings (SSSR count). The zero-order valence-electron chi connectivity index (χ0n) is 18.6. The molecule has 0 bridgehead atoms. The van der Waals surface area contributed by atoms with Crippen LogP contribution in [0.5, 0.6) is 0 Å². The third-order valence-electron chi connectivity index (χ3n) is 5.40. The van der Waals surface area contributed by atoms with Crippen LogP contribution in [0.3, 0.4) is 0 Å². The normalized spacial score (nSPS) is 20.0. The van der Waals surface area contributed by atoms with Gasteiger partial charge in [0.25, 0.3) is 0 Å². The average Bonchev–Trinajstić information content (AvgIpc) is 3.32. The van der Waals surface area contributed by atoms with Crippen LogP contribution >= 0.6 is 35.3 Å². The van der Waals surface area contributed by atoms with E-state index in [1.165, 1.54) is 11.3 Å². The molecule has 1 saturated heterocycles. The van der Waals surface area contributed by atoms with Crippen LogP contribution in [-0.2, 0) is 24.9 Å². The van der Waals surface area contributed by atoms with Gasteiger partial charge in [0.15, 0.2) is 11.8 Å². The molecular formula is C21H35IN6OS. The van der Waals surface area contributed by atoms with Gasteiger partial charge in [0.05, 0.1) is 12.6 Å². The van der Waals surface area contributed by atoms with E-state index in [-0.39, 0.29) is 35.5 Å². The molecule has 7 nitrogen and oxygen atoms in total. The Morgan fingerprint density at radius 3 is 2.77 bits per heavy atom. The van der Waals surface area contributed by atoms with E-state index in [0.717, 1.165) is 43.7 Å². The number of nitrogens with zero attached hydrogens (tertiary/aromatic N) is 4. The van der Waals surface area contributed by atoms with Gasteiger partial charge in [-0.2, -0.15) is 0 Å². The van der Waals surface area contributed by atoms with Crippen LogP contribution in [0.25, 0.3) is 0 Å². The SMILES string of the molecule is Cc1nnc(CN=C(NCc2cccs2)NCC2CCCOC2C(C)(C)C)n1C.I. The quantitative estimate of drug-likeness (QED) is 0.327. The molecule has 30 heavy (non-hydrogen) atoms. The smallest absolute Gasteiger partial charge is 0.192 e. The largest absolute Gasteiger partial charge is 0.377 e. The molecule has 0 aromatic carbocycles. The van der Waals surface area contributed by atoms with Crippen LogP contribution in [0.1, 0.15) is 50.1 Å². The number of aryl methyl sites for hydroxylation is 1. The Hall–Kier alpha value is -1.20. The topological polar surface area (TPSA) is 76.4 Å². The summed E-state index contributed by atoms with van der Waals surface area (Å²) in [6.45, 7) is 11.7. The lowest BCUT2D eigenvalue weighted by atomic mass is 9.78. The molecule has 9 heteroatoms. The van der Waals surface area contributed by atoms with Gasteiger partial charge in [0.1, 0.15) is 12.4 Å². The fraction of sp³-hybridized carbons (Fsp3) is 0.667. The van der Waals surface area contributed by atoms with Crippen LogP contribution in [0.4, 0.5) is 0 Å². The number of aromatic nitrogens is 3. The van der Waals surface area contributed by atoms with Crippen molar-refractivity contribution in [3.63, 3.8) is 0 Å². The minimum absolute atomic E-state index is 0. The van der Waals surface area contributed by atoms with E-state index in [9.17, 15) is 0 Å². The summed E-state index contributed by atoms with van der Waals surface area (Å²) in [6.07, 6.45) is 2.55. The molecule has 2 unspecified atom stereocenters. The molecular weight excluding hydrogens is 511 g/mol. The zero-order chi connectivity index (χ0) is 20.9. The highest BCUT2D eigenvalue weighted by Gasteiger charge is 2.35. The highest BCUT2D eigenvalue weighted by molar-refractivity contribution is 14.0. The van der Waals surface area contributed by atoms with E-state index in [1.807, 2.05) is 18.5 Å². The van der Waals surface area contributed by atoms with E-state index >= 15 is 0 Å². The second kappa shape index (κ2) is 11.4. The summed E-state index contributed by atoms with van der Waals surface area (Å²) in [5.74, 6) is 3.02. The molecule has 0 radical (unpaired) electrons. The van der Waals surface area contributed by atoms with Crippen molar-refractivity contribution in [1.29, 1.82) is 0 Å². The van der Waals surface area contributed by atoms with E-state index in [1.54, 1.807) is 11.3 Å². The molecule has 1 aliphatic rings. The predicted octanol–water partition coefficient (Wildman–Crippen LogP) is 3.88. The van der Waals surface area contributed by atoms with Crippen LogP contribution in [0, 0.1) is 18.3 Å². The molecule has 0 saturated carbocycles. The Morgan fingerprint density at radius 2 is 2.13 bits per heavy atom. The average molecular weight is 547 g/mol. The maximum Gasteiger partial charge on any atom is 0.192 e. The number of ether oxygens (including phenoxy) is 1. The number of aliphatic imine (C=N–C) groups is 1. The maximum absolute atomic E-state index is 6.13. The van der Waals surface area contributed by atoms with E-state index in [2.05, 4.69) is 59.1 Å². The highest BCUT2D eigenvalue weighted by Crippen LogP contribution is 2.33. The van der Waals surface area contributed by atoms with Gasteiger partial charge in [-0.1, -0.05) is 26.8 Å². The second-order valence-electron chi connectivity index (χ2n) is 8.76. The Balaban J connectivity index is 0.00000320. The molecule has 1 fully saturated rings. The van der Waals surface area contributed by atoms with Gasteiger partial charge in [-0.05, 0) is 36.6 Å². The number of hydrogen-bond acceptors (Lipinski definition) is 5. The second-order valence-corrected chi connectivity index (χ2v) is 9.79. The third-order valence-corrected chi connectivity index (χ3v) is 6.28. The Labute approximate surface area is 201 Å². The Morgan fingerprint density at radius 1 is 1.33 bits per heavy atom. The van der Waals surface area contributed by atoms with Crippen LogP contribution in [0.2, 0.25) is 0 Å². The standard InChI is InChI=1S/C21H34N6OS.HI/c1-15-25-26-18(27(15)5)14-24-20(23-13-17-9-7-11-29-17)22-12-16-8-6-10-28-19(16)21(2,3)4;/h7,9,11,16,19H,6,8,10,12-14H2,1-5H3,(H2,22,23,24);1H. The maximum atomic E-state index is 6.13. The summed E-state index contributed by atoms with van der Waals surface area (Å²) < 4.78 is 8.11. The van der Waals surface area contributed by atoms with Gasteiger partial charge in [-0.25, -0.2) is 4.99 Å². The molecule has 2 aromatic rings. The minimum atomic E-state index is 0. The molecule has 0 amide bonds. The van der Waals surface area contributed by atoms with Gasteiger partial charge >= 0.3 is 0 Å².